The Bertz CT molecular complexity index is 337. The SMILES string of the molecule is O=C(c1ccoc1)N(CCCl)CC(F)(F)F. The first-order valence-corrected chi connectivity index (χ1v) is 4.91. The van der Waals surface area contributed by atoms with E-state index in [1.165, 1.54) is 12.3 Å². The summed E-state index contributed by atoms with van der Waals surface area (Å²) < 4.78 is 41.1. The van der Waals surface area contributed by atoms with Crippen LogP contribution in [0.4, 0.5) is 13.2 Å². The van der Waals surface area contributed by atoms with Gasteiger partial charge in [-0.25, -0.2) is 0 Å². The predicted octanol–water partition coefficient (Wildman–Crippen LogP) is 2.52. The molecule has 0 radical (unpaired) electrons. The Morgan fingerprint density at radius 3 is 2.62 bits per heavy atom. The third-order valence-electron chi connectivity index (χ3n) is 1.78. The predicted molar refractivity (Wildman–Crippen MR) is 51.4 cm³/mol. The molecule has 1 amide bonds. The topological polar surface area (TPSA) is 33.5 Å². The van der Waals surface area contributed by atoms with Crippen LogP contribution in [-0.2, 0) is 0 Å². The van der Waals surface area contributed by atoms with Gasteiger partial charge in [0, 0.05) is 12.4 Å². The number of carbonyl (C=O) groups is 1. The highest BCUT2D eigenvalue weighted by Crippen LogP contribution is 2.18. The number of rotatable bonds is 4. The quantitative estimate of drug-likeness (QED) is 0.775. The van der Waals surface area contributed by atoms with E-state index in [4.69, 9.17) is 11.6 Å². The lowest BCUT2D eigenvalue weighted by atomic mass is 10.3. The van der Waals surface area contributed by atoms with Gasteiger partial charge in [-0.1, -0.05) is 0 Å². The van der Waals surface area contributed by atoms with Gasteiger partial charge in [0.2, 0.25) is 0 Å². The molecule has 0 unspecified atom stereocenters. The van der Waals surface area contributed by atoms with Gasteiger partial charge in [-0.2, -0.15) is 13.2 Å². The number of carbonyl (C=O) groups excluding carboxylic acids is 1. The summed E-state index contributed by atoms with van der Waals surface area (Å²) >= 11 is 5.35. The first kappa shape index (κ1) is 12.9. The maximum atomic E-state index is 12.2. The maximum absolute atomic E-state index is 12.2. The summed E-state index contributed by atoms with van der Waals surface area (Å²) in [5.74, 6) is -0.800. The molecule has 0 N–H and O–H groups in total. The van der Waals surface area contributed by atoms with E-state index in [1.807, 2.05) is 0 Å². The van der Waals surface area contributed by atoms with Crippen molar-refractivity contribution in [3.8, 4) is 0 Å². The monoisotopic (exact) mass is 255 g/mol. The van der Waals surface area contributed by atoms with Crippen molar-refractivity contribution in [2.24, 2.45) is 0 Å². The molecule has 1 aromatic heterocycles. The van der Waals surface area contributed by atoms with Gasteiger partial charge in [0.15, 0.2) is 0 Å². The number of nitrogens with zero attached hydrogens (tertiary/aromatic N) is 1. The highest BCUT2D eigenvalue weighted by Gasteiger charge is 2.33. The largest absolute Gasteiger partial charge is 0.472 e. The van der Waals surface area contributed by atoms with Crippen molar-refractivity contribution in [2.45, 2.75) is 6.18 Å². The van der Waals surface area contributed by atoms with Crippen LogP contribution in [0.5, 0.6) is 0 Å². The highest BCUT2D eigenvalue weighted by atomic mass is 35.5. The normalized spacial score (nSPS) is 11.5. The molecule has 7 heteroatoms. The van der Waals surface area contributed by atoms with E-state index in [-0.39, 0.29) is 18.0 Å². The summed E-state index contributed by atoms with van der Waals surface area (Å²) in [6.07, 6.45) is -2.12. The Kier molecular flexibility index (Phi) is 4.23. The van der Waals surface area contributed by atoms with Gasteiger partial charge in [0.1, 0.15) is 12.8 Å². The second-order valence-electron chi connectivity index (χ2n) is 3.04. The van der Waals surface area contributed by atoms with E-state index in [2.05, 4.69) is 4.42 Å². The third kappa shape index (κ3) is 3.77. The first-order chi connectivity index (χ1) is 7.44. The molecule has 1 aromatic rings. The van der Waals surface area contributed by atoms with Crippen molar-refractivity contribution < 1.29 is 22.4 Å². The molecule has 3 nitrogen and oxygen atoms in total. The Morgan fingerprint density at radius 2 is 2.19 bits per heavy atom. The molecule has 0 atom stereocenters. The lowest BCUT2D eigenvalue weighted by molar-refractivity contribution is -0.140. The van der Waals surface area contributed by atoms with Crippen molar-refractivity contribution in [3.63, 3.8) is 0 Å². The first-order valence-electron chi connectivity index (χ1n) is 4.38. The zero-order chi connectivity index (χ0) is 12.2. The fourth-order valence-electron chi connectivity index (χ4n) is 1.14. The van der Waals surface area contributed by atoms with Crippen LogP contribution in [0, 0.1) is 0 Å². The fraction of sp³-hybridized carbons (Fsp3) is 0.444. The average Bonchev–Trinajstić information content (AvgIpc) is 2.66. The molecule has 0 saturated heterocycles. The number of amides is 1. The standard InChI is InChI=1S/C9H9ClF3NO2/c10-2-3-14(6-9(11,12)13)8(15)7-1-4-16-5-7/h1,4-5H,2-3,6H2. The van der Waals surface area contributed by atoms with Crippen molar-refractivity contribution in [1.82, 2.24) is 4.90 Å². The van der Waals surface area contributed by atoms with E-state index in [0.717, 1.165) is 6.26 Å². The van der Waals surface area contributed by atoms with Crippen LogP contribution < -0.4 is 0 Å². The molecule has 90 valence electrons. The van der Waals surface area contributed by atoms with Crippen LogP contribution in [0.2, 0.25) is 0 Å². The Balaban J connectivity index is 2.74. The van der Waals surface area contributed by atoms with E-state index >= 15 is 0 Å². The van der Waals surface area contributed by atoms with Gasteiger partial charge >= 0.3 is 6.18 Å². The van der Waals surface area contributed by atoms with Gasteiger partial charge in [-0.15, -0.1) is 11.6 Å². The zero-order valence-corrected chi connectivity index (χ0v) is 8.88. The van der Waals surface area contributed by atoms with Gasteiger partial charge in [-0.3, -0.25) is 4.79 Å². The molecule has 0 saturated carbocycles. The van der Waals surface area contributed by atoms with E-state index in [9.17, 15) is 18.0 Å². The Morgan fingerprint density at radius 1 is 1.50 bits per heavy atom. The van der Waals surface area contributed by atoms with Gasteiger partial charge < -0.3 is 9.32 Å². The van der Waals surface area contributed by atoms with E-state index in [1.54, 1.807) is 0 Å². The van der Waals surface area contributed by atoms with Crippen molar-refractivity contribution >= 4 is 17.5 Å². The molecule has 1 heterocycles. The van der Waals surface area contributed by atoms with Gasteiger partial charge in [0.25, 0.3) is 5.91 Å². The molecule has 0 aliphatic heterocycles. The molecule has 1 rings (SSSR count). The minimum absolute atomic E-state index is 0.0559. The smallest absolute Gasteiger partial charge is 0.406 e. The second kappa shape index (κ2) is 5.25. The van der Waals surface area contributed by atoms with Crippen LogP contribution in [0.1, 0.15) is 10.4 Å². The molecular weight excluding hydrogens is 247 g/mol. The molecule has 0 aliphatic carbocycles. The molecule has 0 aliphatic rings. The Labute approximate surface area is 94.8 Å². The van der Waals surface area contributed by atoms with E-state index in [0.29, 0.717) is 4.90 Å². The van der Waals surface area contributed by atoms with E-state index < -0.39 is 18.6 Å². The summed E-state index contributed by atoms with van der Waals surface area (Å²) in [5, 5.41) is 0. The summed E-state index contributed by atoms with van der Waals surface area (Å²) in [5.41, 5.74) is 0.0781. The summed E-state index contributed by atoms with van der Waals surface area (Å²) in [4.78, 5) is 12.2. The van der Waals surface area contributed by atoms with Gasteiger partial charge in [-0.05, 0) is 6.07 Å². The third-order valence-corrected chi connectivity index (χ3v) is 1.95. The lowest BCUT2D eigenvalue weighted by Gasteiger charge is -2.22. The fourth-order valence-corrected chi connectivity index (χ4v) is 1.34. The number of hydrogen-bond acceptors (Lipinski definition) is 2. The summed E-state index contributed by atoms with van der Waals surface area (Å²) in [6.45, 7) is -1.48. The molecule has 16 heavy (non-hydrogen) atoms. The number of hydrogen-bond donors (Lipinski definition) is 0. The summed E-state index contributed by atoms with van der Waals surface area (Å²) in [6, 6.07) is 1.31. The molecule has 0 fully saturated rings. The molecular formula is C9H9ClF3NO2. The van der Waals surface area contributed by atoms with Crippen molar-refractivity contribution in [2.75, 3.05) is 19.0 Å². The van der Waals surface area contributed by atoms with Gasteiger partial charge in [0.05, 0.1) is 11.8 Å². The minimum Gasteiger partial charge on any atom is -0.472 e. The zero-order valence-electron chi connectivity index (χ0n) is 8.13. The maximum Gasteiger partial charge on any atom is 0.406 e. The molecule has 0 aromatic carbocycles. The Hall–Kier alpha value is -1.17. The number of furan rings is 1. The van der Waals surface area contributed by atoms with Crippen LogP contribution in [-0.4, -0.2) is 36.0 Å². The highest BCUT2D eigenvalue weighted by molar-refractivity contribution is 6.18. The van der Waals surface area contributed by atoms with Crippen LogP contribution >= 0.6 is 11.6 Å². The van der Waals surface area contributed by atoms with Crippen LogP contribution in [0.15, 0.2) is 23.0 Å². The minimum atomic E-state index is -4.44. The van der Waals surface area contributed by atoms with Crippen molar-refractivity contribution in [1.29, 1.82) is 0 Å². The lowest BCUT2D eigenvalue weighted by Crippen LogP contribution is -2.40. The second-order valence-corrected chi connectivity index (χ2v) is 3.42. The number of halogens is 4. The summed E-state index contributed by atoms with van der Waals surface area (Å²) in [7, 11) is 0. The molecule has 0 spiro atoms. The average molecular weight is 256 g/mol. The van der Waals surface area contributed by atoms with Crippen LogP contribution in [0.3, 0.4) is 0 Å². The molecule has 0 bridgehead atoms. The van der Waals surface area contributed by atoms with Crippen LogP contribution in [0.25, 0.3) is 0 Å². The van der Waals surface area contributed by atoms with Crippen molar-refractivity contribution in [3.05, 3.63) is 24.2 Å². The number of alkyl halides is 4.